The Hall–Kier alpha value is -1.10. The summed E-state index contributed by atoms with van der Waals surface area (Å²) < 4.78 is 0. The molecule has 0 aromatic heterocycles. The minimum Gasteiger partial charge on any atom is -0.480 e. The molecule has 0 aromatic rings. The molecular formula is C14H26N2O3. The van der Waals surface area contributed by atoms with Gasteiger partial charge in [-0.2, -0.15) is 0 Å². The highest BCUT2D eigenvalue weighted by molar-refractivity contribution is 5.87. The number of carbonyl (C=O) groups excluding carboxylic acids is 1. The Morgan fingerprint density at radius 3 is 2.58 bits per heavy atom. The van der Waals surface area contributed by atoms with Crippen LogP contribution in [-0.4, -0.2) is 36.1 Å². The van der Waals surface area contributed by atoms with Gasteiger partial charge in [-0.25, -0.2) is 4.79 Å². The van der Waals surface area contributed by atoms with E-state index in [-0.39, 0.29) is 5.91 Å². The zero-order valence-electron chi connectivity index (χ0n) is 12.0. The Kier molecular flexibility index (Phi) is 6.28. The molecule has 19 heavy (non-hydrogen) atoms. The molecular weight excluding hydrogens is 244 g/mol. The van der Waals surface area contributed by atoms with Gasteiger partial charge in [0.1, 0.15) is 6.04 Å². The van der Waals surface area contributed by atoms with Crippen LogP contribution in [0.2, 0.25) is 0 Å². The molecule has 0 radical (unpaired) electrons. The lowest BCUT2D eigenvalue weighted by molar-refractivity contribution is -0.144. The molecule has 0 spiro atoms. The van der Waals surface area contributed by atoms with E-state index in [0.717, 1.165) is 38.6 Å². The van der Waals surface area contributed by atoms with Gasteiger partial charge in [0.15, 0.2) is 0 Å². The van der Waals surface area contributed by atoms with Gasteiger partial charge in [0.2, 0.25) is 5.91 Å². The number of nitrogens with one attached hydrogen (secondary N) is 2. The Bertz CT molecular complexity index is 312. The van der Waals surface area contributed by atoms with Crippen molar-refractivity contribution >= 4 is 11.9 Å². The summed E-state index contributed by atoms with van der Waals surface area (Å²) >= 11 is 0. The molecule has 1 rings (SSSR count). The Morgan fingerprint density at radius 1 is 1.37 bits per heavy atom. The molecule has 110 valence electrons. The number of carboxylic acids is 1. The van der Waals surface area contributed by atoms with Gasteiger partial charge >= 0.3 is 5.97 Å². The highest BCUT2D eigenvalue weighted by atomic mass is 16.4. The summed E-state index contributed by atoms with van der Waals surface area (Å²) in [6, 6.07) is -0.748. The number of aliphatic carboxylic acids is 1. The number of unbranched alkanes of at least 4 members (excludes halogenated alkanes) is 1. The standard InChI is InChI=1S/C14H26N2O3/c1-3-5-6-11(12(17)18)16-13(19)14(7-4-2)8-9-15-10-14/h11,15H,3-10H2,1-2H3,(H,16,19)(H,17,18). The third-order valence-corrected chi connectivity index (χ3v) is 3.90. The van der Waals surface area contributed by atoms with Crippen molar-refractivity contribution in [2.75, 3.05) is 13.1 Å². The molecule has 0 saturated carbocycles. The molecule has 0 aliphatic carbocycles. The first-order valence-electron chi connectivity index (χ1n) is 7.30. The maximum absolute atomic E-state index is 12.4. The molecule has 5 heteroatoms. The van der Waals surface area contributed by atoms with Gasteiger partial charge in [-0.1, -0.05) is 33.1 Å². The molecule has 2 atom stereocenters. The molecule has 1 amide bonds. The molecule has 2 unspecified atom stereocenters. The van der Waals surface area contributed by atoms with Crippen LogP contribution in [0.5, 0.6) is 0 Å². The summed E-state index contributed by atoms with van der Waals surface area (Å²) in [6.45, 7) is 5.56. The van der Waals surface area contributed by atoms with E-state index in [1.54, 1.807) is 0 Å². The van der Waals surface area contributed by atoms with E-state index in [0.29, 0.717) is 13.0 Å². The Labute approximate surface area is 115 Å². The second kappa shape index (κ2) is 7.48. The Morgan fingerprint density at radius 2 is 2.11 bits per heavy atom. The van der Waals surface area contributed by atoms with Crippen LogP contribution >= 0.6 is 0 Å². The minimum atomic E-state index is -0.931. The molecule has 0 bridgehead atoms. The van der Waals surface area contributed by atoms with Gasteiger partial charge in [0.25, 0.3) is 0 Å². The van der Waals surface area contributed by atoms with Gasteiger partial charge in [-0.05, 0) is 25.8 Å². The van der Waals surface area contributed by atoms with E-state index < -0.39 is 17.4 Å². The SMILES string of the molecule is CCCCC(NC(=O)C1(CCC)CCNC1)C(=O)O. The number of carboxylic acid groups (broad SMARTS) is 1. The zero-order valence-corrected chi connectivity index (χ0v) is 12.0. The van der Waals surface area contributed by atoms with Crippen molar-refractivity contribution < 1.29 is 14.7 Å². The van der Waals surface area contributed by atoms with Gasteiger partial charge in [0, 0.05) is 6.54 Å². The van der Waals surface area contributed by atoms with Crippen molar-refractivity contribution in [3.63, 3.8) is 0 Å². The second-order valence-corrected chi connectivity index (χ2v) is 5.46. The summed E-state index contributed by atoms with van der Waals surface area (Å²) in [5.41, 5.74) is -0.408. The third kappa shape index (κ3) is 4.20. The van der Waals surface area contributed by atoms with Gasteiger partial charge < -0.3 is 15.7 Å². The predicted octanol–water partition coefficient (Wildman–Crippen LogP) is 1.53. The van der Waals surface area contributed by atoms with E-state index in [9.17, 15) is 14.7 Å². The Balaban J connectivity index is 2.65. The molecule has 1 heterocycles. The van der Waals surface area contributed by atoms with Crippen molar-refractivity contribution in [2.45, 2.75) is 58.4 Å². The predicted molar refractivity (Wildman–Crippen MR) is 73.9 cm³/mol. The quantitative estimate of drug-likeness (QED) is 0.625. The average Bonchev–Trinajstić information content (AvgIpc) is 2.84. The monoisotopic (exact) mass is 270 g/mol. The molecule has 1 aliphatic heterocycles. The van der Waals surface area contributed by atoms with Crippen molar-refractivity contribution in [1.82, 2.24) is 10.6 Å². The molecule has 1 aliphatic rings. The second-order valence-electron chi connectivity index (χ2n) is 5.46. The highest BCUT2D eigenvalue weighted by Crippen LogP contribution is 2.31. The highest BCUT2D eigenvalue weighted by Gasteiger charge is 2.41. The fourth-order valence-electron chi connectivity index (χ4n) is 2.72. The maximum atomic E-state index is 12.4. The normalized spacial score (nSPS) is 24.1. The van der Waals surface area contributed by atoms with Crippen LogP contribution in [0.1, 0.15) is 52.4 Å². The van der Waals surface area contributed by atoms with Crippen molar-refractivity contribution in [1.29, 1.82) is 0 Å². The van der Waals surface area contributed by atoms with E-state index >= 15 is 0 Å². The van der Waals surface area contributed by atoms with Crippen LogP contribution in [0.25, 0.3) is 0 Å². The molecule has 3 N–H and O–H groups in total. The number of hydrogen-bond donors (Lipinski definition) is 3. The lowest BCUT2D eigenvalue weighted by Gasteiger charge is -2.28. The lowest BCUT2D eigenvalue weighted by Crippen LogP contribution is -2.49. The van der Waals surface area contributed by atoms with Gasteiger partial charge in [-0.15, -0.1) is 0 Å². The van der Waals surface area contributed by atoms with E-state index in [4.69, 9.17) is 0 Å². The molecule has 1 fully saturated rings. The van der Waals surface area contributed by atoms with Crippen LogP contribution in [0, 0.1) is 5.41 Å². The van der Waals surface area contributed by atoms with Crippen LogP contribution in [0.3, 0.4) is 0 Å². The van der Waals surface area contributed by atoms with Crippen molar-refractivity contribution in [2.24, 2.45) is 5.41 Å². The smallest absolute Gasteiger partial charge is 0.326 e. The van der Waals surface area contributed by atoms with Crippen LogP contribution in [-0.2, 0) is 9.59 Å². The van der Waals surface area contributed by atoms with Crippen LogP contribution in [0.15, 0.2) is 0 Å². The number of amides is 1. The molecule has 5 nitrogen and oxygen atoms in total. The number of hydrogen-bond acceptors (Lipinski definition) is 3. The van der Waals surface area contributed by atoms with Crippen molar-refractivity contribution in [3.05, 3.63) is 0 Å². The first-order valence-corrected chi connectivity index (χ1v) is 7.30. The van der Waals surface area contributed by atoms with Crippen LogP contribution < -0.4 is 10.6 Å². The van der Waals surface area contributed by atoms with Crippen molar-refractivity contribution in [3.8, 4) is 0 Å². The first kappa shape index (κ1) is 16.0. The van der Waals surface area contributed by atoms with Gasteiger partial charge in [0.05, 0.1) is 5.41 Å². The first-order chi connectivity index (χ1) is 9.05. The number of rotatable bonds is 8. The molecule has 0 aromatic carbocycles. The summed E-state index contributed by atoms with van der Waals surface area (Å²) in [5.74, 6) is -1.03. The molecule has 1 saturated heterocycles. The fraction of sp³-hybridized carbons (Fsp3) is 0.857. The number of carbonyl (C=O) groups is 2. The summed E-state index contributed by atoms with van der Waals surface area (Å²) in [5, 5.41) is 15.1. The average molecular weight is 270 g/mol. The minimum absolute atomic E-state index is 0.0946. The van der Waals surface area contributed by atoms with E-state index in [1.165, 1.54) is 0 Å². The topological polar surface area (TPSA) is 78.4 Å². The van der Waals surface area contributed by atoms with E-state index in [2.05, 4.69) is 17.6 Å². The van der Waals surface area contributed by atoms with E-state index in [1.807, 2.05) is 6.92 Å². The summed E-state index contributed by atoms with van der Waals surface area (Å²) in [6.07, 6.45) is 4.80. The fourth-order valence-corrected chi connectivity index (χ4v) is 2.72. The zero-order chi connectivity index (χ0) is 14.3. The largest absolute Gasteiger partial charge is 0.480 e. The third-order valence-electron chi connectivity index (χ3n) is 3.90. The maximum Gasteiger partial charge on any atom is 0.326 e. The van der Waals surface area contributed by atoms with Crippen LogP contribution in [0.4, 0.5) is 0 Å². The van der Waals surface area contributed by atoms with Gasteiger partial charge in [-0.3, -0.25) is 4.79 Å². The summed E-state index contributed by atoms with van der Waals surface area (Å²) in [4.78, 5) is 23.6. The lowest BCUT2D eigenvalue weighted by atomic mass is 9.81. The summed E-state index contributed by atoms with van der Waals surface area (Å²) in [7, 11) is 0.